The molecule has 0 radical (unpaired) electrons. The largest absolute Gasteiger partial charge is 0.493 e. The van der Waals surface area contributed by atoms with Gasteiger partial charge in [0.05, 0.1) is 32.5 Å². The van der Waals surface area contributed by atoms with E-state index in [1.807, 2.05) is 6.92 Å². The van der Waals surface area contributed by atoms with E-state index >= 15 is 0 Å². The van der Waals surface area contributed by atoms with Crippen LogP contribution >= 0.6 is 11.3 Å². The normalized spacial score (nSPS) is 10.2. The first-order valence-corrected chi connectivity index (χ1v) is 7.50. The second-order valence-corrected chi connectivity index (χ2v) is 5.46. The number of aromatic nitrogens is 1. The molecule has 7 heteroatoms. The second kappa shape index (κ2) is 7.13. The summed E-state index contributed by atoms with van der Waals surface area (Å²) in [7, 11) is 4.58. The van der Waals surface area contributed by atoms with Crippen molar-refractivity contribution in [3.05, 3.63) is 28.2 Å². The van der Waals surface area contributed by atoms with Gasteiger partial charge in [-0.15, -0.1) is 11.3 Å². The number of nitrogens with zero attached hydrogens (tertiary/aromatic N) is 1. The number of aryl methyl sites for hydroxylation is 1. The van der Waals surface area contributed by atoms with E-state index < -0.39 is 0 Å². The average Bonchev–Trinajstić information content (AvgIpc) is 3.03. The maximum atomic E-state index is 12.2. The summed E-state index contributed by atoms with van der Waals surface area (Å²) in [5.41, 5.74) is 0.561. The summed E-state index contributed by atoms with van der Waals surface area (Å²) < 4.78 is 15.8. The Morgan fingerprint density at radius 2 is 1.82 bits per heavy atom. The van der Waals surface area contributed by atoms with Gasteiger partial charge >= 0.3 is 0 Å². The number of amides is 1. The van der Waals surface area contributed by atoms with Crippen LogP contribution in [0, 0.1) is 0 Å². The molecule has 2 rings (SSSR count). The van der Waals surface area contributed by atoms with Gasteiger partial charge in [-0.25, -0.2) is 4.98 Å². The second-order valence-electron chi connectivity index (χ2n) is 4.34. The first-order chi connectivity index (χ1) is 10.6. The molecule has 0 aliphatic carbocycles. The van der Waals surface area contributed by atoms with Crippen molar-refractivity contribution in [2.24, 2.45) is 0 Å². The van der Waals surface area contributed by atoms with Crippen LogP contribution in [0.2, 0.25) is 0 Å². The Morgan fingerprint density at radius 3 is 2.27 bits per heavy atom. The zero-order valence-corrected chi connectivity index (χ0v) is 13.7. The highest BCUT2D eigenvalue weighted by molar-refractivity contribution is 7.13. The van der Waals surface area contributed by atoms with Crippen LogP contribution in [0.3, 0.4) is 0 Å². The Kier molecular flexibility index (Phi) is 5.21. The van der Waals surface area contributed by atoms with E-state index in [2.05, 4.69) is 10.3 Å². The van der Waals surface area contributed by atoms with Crippen LogP contribution in [-0.4, -0.2) is 32.2 Å². The molecule has 0 saturated heterocycles. The number of thiazole rings is 1. The lowest BCUT2D eigenvalue weighted by Gasteiger charge is -2.14. The minimum Gasteiger partial charge on any atom is -0.493 e. The van der Waals surface area contributed by atoms with Gasteiger partial charge in [0, 0.05) is 17.8 Å². The zero-order valence-electron chi connectivity index (χ0n) is 12.9. The predicted octanol–water partition coefficient (Wildman–Crippen LogP) is 2.98. The quantitative estimate of drug-likeness (QED) is 0.885. The number of rotatable bonds is 6. The molecule has 0 aliphatic rings. The van der Waals surface area contributed by atoms with Crippen LogP contribution < -0.4 is 19.5 Å². The van der Waals surface area contributed by atoms with Gasteiger partial charge in [-0.05, 0) is 6.42 Å². The van der Waals surface area contributed by atoms with E-state index in [9.17, 15) is 4.79 Å². The minimum atomic E-state index is -0.216. The van der Waals surface area contributed by atoms with Gasteiger partial charge < -0.3 is 19.5 Å². The summed E-state index contributed by atoms with van der Waals surface area (Å²) in [5, 5.41) is 3.74. The lowest BCUT2D eigenvalue weighted by atomic mass is 10.2. The fraction of sp³-hybridized carbons (Fsp3) is 0.333. The fourth-order valence-electron chi connectivity index (χ4n) is 1.92. The standard InChI is InChI=1S/C15H18N2O4S/c1-5-13-16-8-12(22-13)15(18)17-9-6-10(19-2)14(21-4)11(7-9)20-3/h6-8H,5H2,1-4H3,(H,17,18). The number of anilines is 1. The third kappa shape index (κ3) is 3.30. The molecule has 118 valence electrons. The van der Waals surface area contributed by atoms with Crippen LogP contribution in [0.15, 0.2) is 18.3 Å². The lowest BCUT2D eigenvalue weighted by Crippen LogP contribution is -2.10. The minimum absolute atomic E-state index is 0.216. The molecular formula is C15H18N2O4S. The average molecular weight is 322 g/mol. The third-order valence-electron chi connectivity index (χ3n) is 3.00. The van der Waals surface area contributed by atoms with E-state index in [1.54, 1.807) is 18.3 Å². The van der Waals surface area contributed by atoms with Gasteiger partial charge in [0.15, 0.2) is 11.5 Å². The molecule has 0 aliphatic heterocycles. The lowest BCUT2D eigenvalue weighted by molar-refractivity contribution is 0.103. The van der Waals surface area contributed by atoms with Crippen molar-refractivity contribution in [3.63, 3.8) is 0 Å². The molecular weight excluding hydrogens is 304 g/mol. The molecule has 0 saturated carbocycles. The van der Waals surface area contributed by atoms with E-state index in [0.717, 1.165) is 11.4 Å². The monoisotopic (exact) mass is 322 g/mol. The first-order valence-electron chi connectivity index (χ1n) is 6.69. The predicted molar refractivity (Wildman–Crippen MR) is 85.5 cm³/mol. The van der Waals surface area contributed by atoms with Crippen molar-refractivity contribution < 1.29 is 19.0 Å². The van der Waals surface area contributed by atoms with Crippen molar-refractivity contribution in [1.82, 2.24) is 4.98 Å². The van der Waals surface area contributed by atoms with Crippen LogP contribution in [0.1, 0.15) is 21.6 Å². The molecule has 0 spiro atoms. The highest BCUT2D eigenvalue weighted by atomic mass is 32.1. The molecule has 2 aromatic rings. The van der Waals surface area contributed by atoms with E-state index in [1.165, 1.54) is 32.7 Å². The highest BCUT2D eigenvalue weighted by Gasteiger charge is 2.16. The summed E-state index contributed by atoms with van der Waals surface area (Å²) in [4.78, 5) is 17.0. The summed E-state index contributed by atoms with van der Waals surface area (Å²) in [6, 6.07) is 3.36. The molecule has 1 aromatic carbocycles. The van der Waals surface area contributed by atoms with Crippen molar-refractivity contribution in [3.8, 4) is 17.2 Å². The number of carbonyl (C=O) groups is 1. The highest BCUT2D eigenvalue weighted by Crippen LogP contribution is 2.40. The van der Waals surface area contributed by atoms with Crippen LogP contribution in [0.25, 0.3) is 0 Å². The van der Waals surface area contributed by atoms with E-state index in [-0.39, 0.29) is 5.91 Å². The van der Waals surface area contributed by atoms with Crippen molar-refractivity contribution >= 4 is 22.9 Å². The number of nitrogens with one attached hydrogen (secondary N) is 1. The fourth-order valence-corrected chi connectivity index (χ4v) is 2.68. The molecule has 1 N–H and O–H groups in total. The molecule has 0 bridgehead atoms. The summed E-state index contributed by atoms with van der Waals surface area (Å²) in [5.74, 6) is 1.23. The van der Waals surface area contributed by atoms with Crippen LogP contribution in [-0.2, 0) is 6.42 Å². The van der Waals surface area contributed by atoms with Gasteiger partial charge in [-0.1, -0.05) is 6.92 Å². The maximum Gasteiger partial charge on any atom is 0.267 e. The number of ether oxygens (including phenoxy) is 3. The zero-order chi connectivity index (χ0) is 16.1. The Hall–Kier alpha value is -2.28. The van der Waals surface area contributed by atoms with Gasteiger partial charge in [0.2, 0.25) is 5.75 Å². The summed E-state index contributed by atoms with van der Waals surface area (Å²) in [6.45, 7) is 2.00. The van der Waals surface area contributed by atoms with Gasteiger partial charge in [0.1, 0.15) is 4.88 Å². The summed E-state index contributed by atoms with van der Waals surface area (Å²) in [6.07, 6.45) is 2.39. The van der Waals surface area contributed by atoms with Crippen LogP contribution in [0.5, 0.6) is 17.2 Å². The molecule has 1 aromatic heterocycles. The molecule has 6 nitrogen and oxygen atoms in total. The Morgan fingerprint density at radius 1 is 1.18 bits per heavy atom. The Balaban J connectivity index is 2.27. The molecule has 0 unspecified atom stereocenters. The molecule has 0 fully saturated rings. The SMILES string of the molecule is CCc1ncc(C(=O)Nc2cc(OC)c(OC)c(OC)c2)s1. The van der Waals surface area contributed by atoms with E-state index in [4.69, 9.17) is 14.2 Å². The Labute approximate surface area is 133 Å². The molecule has 0 atom stereocenters. The Bertz CT molecular complexity index is 644. The number of hydrogen-bond acceptors (Lipinski definition) is 6. The molecule has 22 heavy (non-hydrogen) atoms. The maximum absolute atomic E-state index is 12.2. The van der Waals surface area contributed by atoms with Gasteiger partial charge in [0.25, 0.3) is 5.91 Å². The van der Waals surface area contributed by atoms with Crippen molar-refractivity contribution in [2.45, 2.75) is 13.3 Å². The van der Waals surface area contributed by atoms with Crippen molar-refractivity contribution in [2.75, 3.05) is 26.6 Å². The van der Waals surface area contributed by atoms with Crippen LogP contribution in [0.4, 0.5) is 5.69 Å². The number of benzene rings is 1. The first kappa shape index (κ1) is 16.1. The van der Waals surface area contributed by atoms with Crippen molar-refractivity contribution in [1.29, 1.82) is 0 Å². The topological polar surface area (TPSA) is 69.7 Å². The van der Waals surface area contributed by atoms with Gasteiger partial charge in [-0.2, -0.15) is 0 Å². The summed E-state index contributed by atoms with van der Waals surface area (Å²) >= 11 is 1.38. The molecule has 1 heterocycles. The number of carbonyl (C=O) groups excluding carboxylic acids is 1. The number of hydrogen-bond donors (Lipinski definition) is 1. The molecule has 1 amide bonds. The smallest absolute Gasteiger partial charge is 0.267 e. The number of methoxy groups -OCH3 is 3. The van der Waals surface area contributed by atoms with E-state index in [0.29, 0.717) is 27.8 Å². The van der Waals surface area contributed by atoms with Gasteiger partial charge in [-0.3, -0.25) is 4.79 Å². The third-order valence-corrected chi connectivity index (χ3v) is 4.14.